The number of piperidine rings is 1. The molecule has 0 saturated carbocycles. The number of H-pyrrole nitrogens is 1. The number of halogens is 1. The van der Waals surface area contributed by atoms with Crippen LogP contribution >= 0.6 is 11.6 Å². The summed E-state index contributed by atoms with van der Waals surface area (Å²) >= 11 is 6.19. The summed E-state index contributed by atoms with van der Waals surface area (Å²) < 4.78 is 0. The van der Waals surface area contributed by atoms with Crippen LogP contribution in [0.2, 0.25) is 5.02 Å². The van der Waals surface area contributed by atoms with E-state index < -0.39 is 11.0 Å². The van der Waals surface area contributed by atoms with Gasteiger partial charge in [-0.05, 0) is 55.4 Å². The predicted molar refractivity (Wildman–Crippen MR) is 108 cm³/mol. The van der Waals surface area contributed by atoms with Crippen LogP contribution in [0.3, 0.4) is 0 Å². The van der Waals surface area contributed by atoms with Crippen LogP contribution < -0.4 is 0 Å². The molecular weight excluding hydrogens is 360 g/mol. The first kappa shape index (κ1) is 17.1. The number of nitrogens with one attached hydrogen (secondary N) is 1. The Hall–Kier alpha value is -2.01. The number of phenols is 1. The van der Waals surface area contributed by atoms with E-state index in [1.807, 2.05) is 36.4 Å². The van der Waals surface area contributed by atoms with Gasteiger partial charge in [-0.2, -0.15) is 0 Å². The van der Waals surface area contributed by atoms with E-state index in [1.165, 1.54) is 11.3 Å². The van der Waals surface area contributed by atoms with Crippen molar-refractivity contribution in [2.24, 2.45) is 0 Å². The molecule has 2 aromatic carbocycles. The molecule has 2 heterocycles. The van der Waals surface area contributed by atoms with E-state index in [4.69, 9.17) is 11.6 Å². The van der Waals surface area contributed by atoms with Crippen LogP contribution in [0.4, 0.5) is 0 Å². The Balaban J connectivity index is 1.73. The van der Waals surface area contributed by atoms with Gasteiger partial charge in [-0.25, -0.2) is 0 Å². The van der Waals surface area contributed by atoms with Crippen molar-refractivity contribution in [2.75, 3.05) is 20.1 Å². The Labute approximate surface area is 163 Å². The number of nitrogens with zero attached hydrogens (tertiary/aromatic N) is 1. The molecule has 1 aliphatic carbocycles. The summed E-state index contributed by atoms with van der Waals surface area (Å²) in [5.41, 5.74) is 3.08. The van der Waals surface area contributed by atoms with E-state index in [2.05, 4.69) is 16.9 Å². The van der Waals surface area contributed by atoms with Crippen molar-refractivity contribution in [3.63, 3.8) is 0 Å². The van der Waals surface area contributed by atoms with E-state index in [9.17, 15) is 10.2 Å². The minimum absolute atomic E-state index is 0.248. The zero-order valence-corrected chi connectivity index (χ0v) is 16.1. The number of aliphatic hydroxyl groups is 1. The topological polar surface area (TPSA) is 59.5 Å². The van der Waals surface area contributed by atoms with Gasteiger partial charge in [-0.15, -0.1) is 0 Å². The maximum absolute atomic E-state index is 12.0. The van der Waals surface area contributed by atoms with Gasteiger partial charge in [-0.3, -0.25) is 0 Å². The number of fused-ring (bicyclic) bond motifs is 4. The highest BCUT2D eigenvalue weighted by molar-refractivity contribution is 6.31. The van der Waals surface area contributed by atoms with Crippen molar-refractivity contribution >= 4 is 22.5 Å². The fourth-order valence-corrected chi connectivity index (χ4v) is 5.49. The van der Waals surface area contributed by atoms with Gasteiger partial charge in [0.1, 0.15) is 5.75 Å². The molecule has 1 aromatic heterocycles. The van der Waals surface area contributed by atoms with E-state index in [1.54, 1.807) is 6.07 Å². The average Bonchev–Trinajstić information content (AvgIpc) is 2.94. The van der Waals surface area contributed by atoms with Gasteiger partial charge in [0.05, 0.1) is 5.60 Å². The molecule has 2 aliphatic rings. The van der Waals surface area contributed by atoms with Crippen molar-refractivity contribution < 1.29 is 10.2 Å². The molecule has 2 atom stereocenters. The number of likely N-dealkylation sites (tertiary alicyclic amines) is 1. The number of aromatic hydroxyl groups is 1. The van der Waals surface area contributed by atoms with Gasteiger partial charge in [0.2, 0.25) is 0 Å². The summed E-state index contributed by atoms with van der Waals surface area (Å²) in [5, 5.41) is 23.9. The highest BCUT2D eigenvalue weighted by atomic mass is 35.5. The summed E-state index contributed by atoms with van der Waals surface area (Å²) in [5.74, 6) is 0.248. The third-order valence-electron chi connectivity index (χ3n) is 6.65. The molecule has 0 bridgehead atoms. The van der Waals surface area contributed by atoms with Crippen molar-refractivity contribution in [2.45, 2.75) is 30.3 Å². The van der Waals surface area contributed by atoms with E-state index in [0.29, 0.717) is 18.0 Å². The lowest BCUT2D eigenvalue weighted by atomic mass is 9.56. The lowest BCUT2D eigenvalue weighted by Crippen LogP contribution is -2.65. The molecule has 3 N–H and O–H groups in total. The number of benzene rings is 2. The average molecular weight is 383 g/mol. The molecule has 0 radical (unpaired) electrons. The molecular formula is C22H23ClN2O2. The van der Waals surface area contributed by atoms with E-state index >= 15 is 0 Å². The predicted octanol–water partition coefficient (Wildman–Crippen LogP) is 3.63. The van der Waals surface area contributed by atoms with Gasteiger partial charge >= 0.3 is 0 Å². The second-order valence-corrected chi connectivity index (χ2v) is 8.71. The molecule has 0 spiro atoms. The third kappa shape index (κ3) is 2.44. The number of aromatic amines is 1. The highest BCUT2D eigenvalue weighted by Crippen LogP contribution is 2.51. The minimum atomic E-state index is -0.893. The quantitative estimate of drug-likeness (QED) is 0.602. The molecule has 1 saturated heterocycles. The van der Waals surface area contributed by atoms with Crippen LogP contribution in [0.1, 0.15) is 23.2 Å². The van der Waals surface area contributed by atoms with Crippen LogP contribution in [0.5, 0.6) is 5.75 Å². The summed E-state index contributed by atoms with van der Waals surface area (Å²) in [6, 6.07) is 13.3. The second kappa shape index (κ2) is 5.74. The minimum Gasteiger partial charge on any atom is -0.508 e. The zero-order chi connectivity index (χ0) is 18.8. The fourth-order valence-electron chi connectivity index (χ4n) is 5.32. The Morgan fingerprint density at radius 1 is 1.15 bits per heavy atom. The van der Waals surface area contributed by atoms with Gasteiger partial charge in [0.15, 0.2) is 0 Å². The number of hydrogen-bond donors (Lipinski definition) is 3. The molecule has 27 heavy (non-hydrogen) atoms. The Morgan fingerprint density at radius 3 is 2.81 bits per heavy atom. The smallest absolute Gasteiger partial charge is 0.115 e. The number of phenolic OH excluding ortho intramolecular Hbond substituents is 1. The molecule has 5 heteroatoms. The summed E-state index contributed by atoms with van der Waals surface area (Å²) in [6.45, 7) is 1.53. The van der Waals surface area contributed by atoms with Gasteiger partial charge < -0.3 is 20.1 Å². The Morgan fingerprint density at radius 2 is 2.00 bits per heavy atom. The molecule has 140 valence electrons. The Bertz CT molecular complexity index is 1050. The van der Waals surface area contributed by atoms with E-state index in [-0.39, 0.29) is 5.75 Å². The number of hydrogen-bond acceptors (Lipinski definition) is 3. The summed E-state index contributed by atoms with van der Waals surface area (Å²) in [4.78, 5) is 5.76. The lowest BCUT2D eigenvalue weighted by molar-refractivity contribution is -0.0972. The van der Waals surface area contributed by atoms with Crippen LogP contribution in [-0.2, 0) is 18.3 Å². The normalized spacial score (nSPS) is 28.1. The van der Waals surface area contributed by atoms with E-state index in [0.717, 1.165) is 35.9 Å². The summed E-state index contributed by atoms with van der Waals surface area (Å²) in [6.07, 6.45) is 2.16. The lowest BCUT2D eigenvalue weighted by Gasteiger charge is -2.55. The molecule has 1 aliphatic heterocycles. The summed E-state index contributed by atoms with van der Waals surface area (Å²) in [7, 11) is 2.06. The molecule has 1 fully saturated rings. The van der Waals surface area contributed by atoms with Crippen molar-refractivity contribution in [3.8, 4) is 5.75 Å². The van der Waals surface area contributed by atoms with Gasteiger partial charge in [0, 0.05) is 46.4 Å². The van der Waals surface area contributed by atoms with Crippen molar-refractivity contribution in [1.29, 1.82) is 0 Å². The molecule has 3 aromatic rings. The van der Waals surface area contributed by atoms with Crippen LogP contribution in [-0.4, -0.2) is 45.8 Å². The number of β-amino-alcohol motifs (C(OH)–C–C–N with tert-alkyl or cyclic N) is 1. The van der Waals surface area contributed by atoms with Crippen molar-refractivity contribution in [1.82, 2.24) is 9.88 Å². The molecule has 4 nitrogen and oxygen atoms in total. The highest BCUT2D eigenvalue weighted by Gasteiger charge is 2.57. The van der Waals surface area contributed by atoms with Gasteiger partial charge in [-0.1, -0.05) is 29.8 Å². The largest absolute Gasteiger partial charge is 0.508 e. The second-order valence-electron chi connectivity index (χ2n) is 8.28. The first-order valence-corrected chi connectivity index (χ1v) is 9.77. The first-order valence-electron chi connectivity index (χ1n) is 9.40. The SMILES string of the molecule is CN1CC[C@@]2(c3cccc(O)c3)Cc3[nH]c4cc(Cl)ccc4c3C[C@]2(O)C1. The van der Waals surface area contributed by atoms with Crippen molar-refractivity contribution in [3.05, 3.63) is 64.3 Å². The number of rotatable bonds is 1. The molecule has 0 unspecified atom stereocenters. The maximum Gasteiger partial charge on any atom is 0.115 e. The van der Waals surface area contributed by atoms with Gasteiger partial charge in [0.25, 0.3) is 0 Å². The van der Waals surface area contributed by atoms with Crippen LogP contribution in [0, 0.1) is 0 Å². The third-order valence-corrected chi connectivity index (χ3v) is 6.88. The fraction of sp³-hybridized carbons (Fsp3) is 0.364. The molecule has 0 amide bonds. The standard InChI is InChI=1S/C22H23ClN2O2/c1-25-8-7-21(14-3-2-4-16(26)9-14)12-20-18(11-22(21,27)13-25)17-6-5-15(23)10-19(17)24-20/h2-6,9-10,24,26-27H,7-8,11-13H2,1H3/t21-,22-/m0/s1. The zero-order valence-electron chi connectivity index (χ0n) is 15.3. The van der Waals surface area contributed by atoms with Crippen LogP contribution in [0.25, 0.3) is 10.9 Å². The maximum atomic E-state index is 12.0. The Kier molecular flexibility index (Phi) is 3.64. The monoisotopic (exact) mass is 382 g/mol. The van der Waals surface area contributed by atoms with Crippen LogP contribution in [0.15, 0.2) is 42.5 Å². The number of aromatic nitrogens is 1. The number of likely N-dealkylation sites (N-methyl/N-ethyl adjacent to an activating group) is 1. The molecule has 5 rings (SSSR count). The first-order chi connectivity index (χ1) is 12.9.